The summed E-state index contributed by atoms with van der Waals surface area (Å²) in [6.07, 6.45) is 0.323. The van der Waals surface area contributed by atoms with Gasteiger partial charge in [0.15, 0.2) is 11.5 Å². The summed E-state index contributed by atoms with van der Waals surface area (Å²) >= 11 is 0. The highest BCUT2D eigenvalue weighted by molar-refractivity contribution is 5.83. The van der Waals surface area contributed by atoms with Crippen LogP contribution in [-0.2, 0) is 6.18 Å². The lowest BCUT2D eigenvalue weighted by Gasteiger charge is -2.12. The van der Waals surface area contributed by atoms with E-state index in [1.165, 1.54) is 24.3 Å². The number of rotatable bonds is 4. The molecular formula is C26H20F3NO. The van der Waals surface area contributed by atoms with Crippen molar-refractivity contribution >= 4 is 29.3 Å². The van der Waals surface area contributed by atoms with Crippen molar-refractivity contribution in [2.45, 2.75) is 20.0 Å². The van der Waals surface area contributed by atoms with Gasteiger partial charge >= 0.3 is 6.18 Å². The zero-order chi connectivity index (χ0) is 22.2. The third-order valence-electron chi connectivity index (χ3n) is 5.24. The van der Waals surface area contributed by atoms with Crippen molar-refractivity contribution in [3.8, 4) is 11.1 Å². The molecule has 0 unspecified atom stereocenters. The van der Waals surface area contributed by atoms with Gasteiger partial charge in [-0.3, -0.25) is 0 Å². The van der Waals surface area contributed by atoms with E-state index in [1.54, 1.807) is 13.0 Å². The molecule has 0 aliphatic carbocycles. The number of alkyl halides is 3. The lowest BCUT2D eigenvalue weighted by Crippen LogP contribution is -2.07. The van der Waals surface area contributed by atoms with E-state index in [4.69, 9.17) is 4.42 Å². The van der Waals surface area contributed by atoms with E-state index in [1.807, 2.05) is 43.3 Å². The summed E-state index contributed by atoms with van der Waals surface area (Å²) < 4.78 is 45.9. The van der Waals surface area contributed by atoms with Gasteiger partial charge in [0.2, 0.25) is 0 Å². The molecule has 0 amide bonds. The molecule has 0 atom stereocenters. The quantitative estimate of drug-likeness (QED) is 0.314. The first-order valence-corrected chi connectivity index (χ1v) is 9.75. The van der Waals surface area contributed by atoms with Gasteiger partial charge in [-0.15, -0.1) is 0 Å². The first-order chi connectivity index (χ1) is 14.8. The molecule has 0 fully saturated rings. The highest BCUT2D eigenvalue weighted by Gasteiger charge is 2.32. The Morgan fingerprint density at radius 2 is 1.71 bits per heavy atom. The average molecular weight is 419 g/mol. The molecule has 1 heterocycles. The second kappa shape index (κ2) is 7.91. The minimum Gasteiger partial charge on any atom is -0.441 e. The monoisotopic (exact) mass is 419 g/mol. The summed E-state index contributed by atoms with van der Waals surface area (Å²) in [6, 6.07) is 15.6. The average Bonchev–Trinajstić information content (AvgIpc) is 3.11. The largest absolute Gasteiger partial charge is 0.441 e. The van der Waals surface area contributed by atoms with Crippen molar-refractivity contribution in [1.82, 2.24) is 4.98 Å². The van der Waals surface area contributed by atoms with E-state index in [-0.39, 0.29) is 5.56 Å². The number of hydrogen-bond donors (Lipinski definition) is 0. The summed E-state index contributed by atoms with van der Waals surface area (Å²) in [5.41, 5.74) is 5.29. The van der Waals surface area contributed by atoms with Crippen molar-refractivity contribution in [1.29, 1.82) is 0 Å². The smallest absolute Gasteiger partial charge is 0.416 e. The molecule has 2 nitrogen and oxygen atoms in total. The van der Waals surface area contributed by atoms with Crippen LogP contribution < -0.4 is 0 Å². The van der Waals surface area contributed by atoms with Gasteiger partial charge in [0, 0.05) is 6.92 Å². The van der Waals surface area contributed by atoms with Crippen LogP contribution in [0.3, 0.4) is 0 Å². The van der Waals surface area contributed by atoms with Gasteiger partial charge in [-0.2, -0.15) is 13.2 Å². The van der Waals surface area contributed by atoms with E-state index in [0.717, 1.165) is 33.8 Å². The zero-order valence-corrected chi connectivity index (χ0v) is 17.1. The number of hydrogen-bond acceptors (Lipinski definition) is 2. The Labute approximate surface area is 178 Å². The molecule has 0 saturated carbocycles. The van der Waals surface area contributed by atoms with E-state index < -0.39 is 11.7 Å². The van der Waals surface area contributed by atoms with Gasteiger partial charge < -0.3 is 4.42 Å². The summed E-state index contributed by atoms with van der Waals surface area (Å²) in [4.78, 5) is 4.32. The lowest BCUT2D eigenvalue weighted by molar-refractivity contribution is -0.137. The van der Waals surface area contributed by atoms with Crippen molar-refractivity contribution in [2.75, 3.05) is 0 Å². The maximum atomic E-state index is 13.4. The van der Waals surface area contributed by atoms with Crippen LogP contribution in [0.2, 0.25) is 0 Å². The third-order valence-corrected chi connectivity index (χ3v) is 5.24. The normalized spacial score (nSPS) is 12.0. The second-order valence-electron chi connectivity index (χ2n) is 7.32. The lowest BCUT2D eigenvalue weighted by atomic mass is 9.95. The molecule has 0 N–H and O–H groups in total. The Morgan fingerprint density at radius 1 is 0.935 bits per heavy atom. The number of fused-ring (bicyclic) bond motifs is 1. The van der Waals surface area contributed by atoms with Crippen LogP contribution in [0.15, 0.2) is 65.6 Å². The third kappa shape index (κ3) is 4.17. The number of aromatic nitrogens is 1. The molecule has 5 heteroatoms. The molecule has 0 bridgehead atoms. The van der Waals surface area contributed by atoms with E-state index >= 15 is 0 Å². The number of oxazole rings is 1. The fraction of sp³-hybridized carbons (Fsp3) is 0.115. The molecule has 0 saturated heterocycles. The molecule has 156 valence electrons. The van der Waals surface area contributed by atoms with E-state index in [2.05, 4.69) is 11.6 Å². The Morgan fingerprint density at radius 3 is 2.45 bits per heavy atom. The van der Waals surface area contributed by atoms with Crippen molar-refractivity contribution < 1.29 is 17.6 Å². The van der Waals surface area contributed by atoms with Gasteiger partial charge in [-0.25, -0.2) is 4.98 Å². The maximum absolute atomic E-state index is 13.4. The van der Waals surface area contributed by atoms with E-state index in [0.29, 0.717) is 17.0 Å². The Kier molecular flexibility index (Phi) is 5.27. The molecule has 1 aromatic heterocycles. The fourth-order valence-corrected chi connectivity index (χ4v) is 3.64. The van der Waals surface area contributed by atoms with E-state index in [9.17, 15) is 13.2 Å². The van der Waals surface area contributed by atoms with Gasteiger partial charge in [0.1, 0.15) is 5.52 Å². The molecule has 4 aromatic rings. The Bertz CT molecular complexity index is 1310. The summed E-state index contributed by atoms with van der Waals surface area (Å²) in [5, 5.41) is 0. The zero-order valence-electron chi connectivity index (χ0n) is 17.1. The van der Waals surface area contributed by atoms with Crippen LogP contribution in [0.1, 0.15) is 33.7 Å². The van der Waals surface area contributed by atoms with Gasteiger partial charge in [-0.1, -0.05) is 55.1 Å². The van der Waals surface area contributed by atoms with Gasteiger partial charge in [-0.05, 0) is 64.6 Å². The minimum absolute atomic E-state index is 0.105. The van der Waals surface area contributed by atoms with Crippen LogP contribution in [-0.4, -0.2) is 4.98 Å². The van der Waals surface area contributed by atoms with Crippen LogP contribution in [0.4, 0.5) is 13.2 Å². The van der Waals surface area contributed by atoms with Crippen molar-refractivity contribution in [2.24, 2.45) is 0 Å². The molecule has 0 spiro atoms. The predicted octanol–water partition coefficient (Wildman–Crippen LogP) is 7.94. The molecule has 3 aromatic carbocycles. The van der Waals surface area contributed by atoms with Gasteiger partial charge in [0.05, 0.1) is 5.56 Å². The molecular weight excluding hydrogens is 399 g/mol. The number of aryl methyl sites for hydroxylation is 1. The summed E-state index contributed by atoms with van der Waals surface area (Å²) in [6.45, 7) is 7.40. The SMILES string of the molecule is C=Cc1ccc(C(F)(F)F)c(/C=C/c2cccc(-c3ccc4nc(C)oc4c3)c2C)c1. The summed E-state index contributed by atoms with van der Waals surface area (Å²) in [5.74, 6) is 0.600. The fourth-order valence-electron chi connectivity index (χ4n) is 3.64. The number of nitrogens with zero attached hydrogens (tertiary/aromatic N) is 1. The highest BCUT2D eigenvalue weighted by atomic mass is 19.4. The van der Waals surface area contributed by atoms with Crippen molar-refractivity contribution in [3.05, 3.63) is 94.9 Å². The molecule has 4 rings (SSSR count). The molecule has 0 aliphatic heterocycles. The van der Waals surface area contributed by atoms with Crippen molar-refractivity contribution in [3.63, 3.8) is 0 Å². The van der Waals surface area contributed by atoms with Crippen LogP contribution in [0, 0.1) is 13.8 Å². The first kappa shape index (κ1) is 20.7. The summed E-state index contributed by atoms with van der Waals surface area (Å²) in [7, 11) is 0. The number of benzene rings is 3. The van der Waals surface area contributed by atoms with Crippen LogP contribution in [0.25, 0.3) is 40.5 Å². The Balaban J connectivity index is 1.75. The van der Waals surface area contributed by atoms with Crippen LogP contribution >= 0.6 is 0 Å². The standard InChI is InChI=1S/C26H20F3NO/c1-4-18-8-12-23(26(27,28)29)21(14-18)10-9-19-6-5-7-22(16(19)2)20-11-13-24-25(15-20)31-17(3)30-24/h4-15H,1H2,2-3H3/b10-9+. The maximum Gasteiger partial charge on any atom is 0.416 e. The minimum atomic E-state index is -4.43. The molecule has 0 aliphatic rings. The second-order valence-corrected chi connectivity index (χ2v) is 7.32. The predicted molar refractivity (Wildman–Crippen MR) is 119 cm³/mol. The van der Waals surface area contributed by atoms with Crippen LogP contribution in [0.5, 0.6) is 0 Å². The Hall–Kier alpha value is -3.60. The highest BCUT2D eigenvalue weighted by Crippen LogP contribution is 2.34. The molecule has 31 heavy (non-hydrogen) atoms. The topological polar surface area (TPSA) is 26.0 Å². The van der Waals surface area contributed by atoms with Gasteiger partial charge in [0.25, 0.3) is 0 Å². The first-order valence-electron chi connectivity index (χ1n) is 9.75. The number of halogens is 3. The molecule has 0 radical (unpaired) electrons.